The molecule has 1 aromatic heterocycles. The quantitative estimate of drug-likeness (QED) is 0.911. The van der Waals surface area contributed by atoms with Gasteiger partial charge in [0.05, 0.1) is 22.2 Å². The largest absolute Gasteiger partial charge is 0.465 e. The van der Waals surface area contributed by atoms with Gasteiger partial charge in [0, 0.05) is 0 Å². The molecule has 2 unspecified atom stereocenters. The second-order valence-corrected chi connectivity index (χ2v) is 6.10. The Morgan fingerprint density at radius 3 is 2.70 bits per heavy atom. The zero-order valence-electron chi connectivity index (χ0n) is 10.8. The number of hydrogen-bond acceptors (Lipinski definition) is 3. The van der Waals surface area contributed by atoms with E-state index in [1.807, 2.05) is 18.2 Å². The van der Waals surface area contributed by atoms with Crippen molar-refractivity contribution in [1.82, 2.24) is 0 Å². The zero-order valence-corrected chi connectivity index (χ0v) is 12.4. The minimum Gasteiger partial charge on any atom is -0.465 e. The monoisotopic (exact) mass is 331 g/mol. The lowest BCUT2D eigenvalue weighted by atomic mass is 9.68. The van der Waals surface area contributed by atoms with Crippen molar-refractivity contribution in [2.75, 3.05) is 0 Å². The SMILES string of the molecule is N#CC1(C(O)c2occc2Br)CCc2ccccc2C1. The van der Waals surface area contributed by atoms with Crippen LogP contribution in [0.5, 0.6) is 0 Å². The molecule has 0 saturated carbocycles. The van der Waals surface area contributed by atoms with E-state index >= 15 is 0 Å². The summed E-state index contributed by atoms with van der Waals surface area (Å²) in [4.78, 5) is 0. The highest BCUT2D eigenvalue weighted by Gasteiger charge is 2.44. The number of halogens is 1. The Bertz CT molecular complexity index is 673. The third-order valence-corrected chi connectivity index (χ3v) is 4.76. The van der Waals surface area contributed by atoms with Crippen molar-refractivity contribution in [3.63, 3.8) is 0 Å². The van der Waals surface area contributed by atoms with E-state index in [9.17, 15) is 10.4 Å². The van der Waals surface area contributed by atoms with Gasteiger partial charge in [0.2, 0.25) is 0 Å². The molecule has 1 N–H and O–H groups in total. The fourth-order valence-corrected chi connectivity index (χ4v) is 3.32. The third kappa shape index (κ3) is 2.07. The van der Waals surface area contributed by atoms with Crippen LogP contribution in [0.3, 0.4) is 0 Å². The van der Waals surface area contributed by atoms with Gasteiger partial charge < -0.3 is 9.52 Å². The van der Waals surface area contributed by atoms with Crippen LogP contribution in [0.15, 0.2) is 45.5 Å². The Balaban J connectivity index is 1.99. The number of hydrogen-bond donors (Lipinski definition) is 1. The lowest BCUT2D eigenvalue weighted by Crippen LogP contribution is -2.34. The van der Waals surface area contributed by atoms with E-state index in [4.69, 9.17) is 4.42 Å². The van der Waals surface area contributed by atoms with Gasteiger partial charge in [0.25, 0.3) is 0 Å². The highest BCUT2D eigenvalue weighted by atomic mass is 79.9. The number of nitriles is 1. The smallest absolute Gasteiger partial charge is 0.148 e. The van der Waals surface area contributed by atoms with E-state index in [0.717, 1.165) is 12.0 Å². The topological polar surface area (TPSA) is 57.2 Å². The summed E-state index contributed by atoms with van der Waals surface area (Å²) in [6.45, 7) is 0. The summed E-state index contributed by atoms with van der Waals surface area (Å²) < 4.78 is 6.05. The molecule has 0 saturated heterocycles. The zero-order chi connectivity index (χ0) is 14.2. The van der Waals surface area contributed by atoms with Gasteiger partial charge in [-0.15, -0.1) is 0 Å². The Kier molecular flexibility index (Phi) is 3.41. The molecule has 0 radical (unpaired) electrons. The number of benzene rings is 1. The summed E-state index contributed by atoms with van der Waals surface area (Å²) in [7, 11) is 0. The standard InChI is InChI=1S/C16H14BrNO2/c17-13-6-8-20-14(13)15(19)16(10-18)7-5-11-3-1-2-4-12(11)9-16/h1-4,6,8,15,19H,5,7,9H2. The lowest BCUT2D eigenvalue weighted by molar-refractivity contribution is 0.0339. The van der Waals surface area contributed by atoms with Crippen molar-refractivity contribution < 1.29 is 9.52 Å². The second-order valence-electron chi connectivity index (χ2n) is 5.25. The molecule has 1 aromatic carbocycles. The van der Waals surface area contributed by atoms with Crippen LogP contribution in [-0.4, -0.2) is 5.11 Å². The highest BCUT2D eigenvalue weighted by Crippen LogP contribution is 2.46. The van der Waals surface area contributed by atoms with Crippen LogP contribution in [-0.2, 0) is 12.8 Å². The van der Waals surface area contributed by atoms with Crippen molar-refractivity contribution in [2.24, 2.45) is 5.41 Å². The van der Waals surface area contributed by atoms with Crippen LogP contribution >= 0.6 is 15.9 Å². The van der Waals surface area contributed by atoms with Gasteiger partial charge in [-0.3, -0.25) is 0 Å². The fourth-order valence-electron chi connectivity index (χ4n) is 2.90. The molecule has 0 fully saturated rings. The van der Waals surface area contributed by atoms with E-state index < -0.39 is 11.5 Å². The molecule has 3 rings (SSSR count). The predicted molar refractivity (Wildman–Crippen MR) is 77.9 cm³/mol. The Hall–Kier alpha value is -1.57. The van der Waals surface area contributed by atoms with Crippen LogP contribution in [0.1, 0.15) is 29.4 Å². The molecule has 1 aliphatic rings. The molecule has 2 aromatic rings. The second kappa shape index (κ2) is 5.08. The molecule has 2 atom stereocenters. The Morgan fingerprint density at radius 1 is 1.30 bits per heavy atom. The van der Waals surface area contributed by atoms with Crippen molar-refractivity contribution in [3.8, 4) is 6.07 Å². The Labute approximate surface area is 126 Å². The van der Waals surface area contributed by atoms with Gasteiger partial charge in [-0.05, 0) is 52.4 Å². The first kappa shape index (κ1) is 13.4. The molecule has 0 aliphatic heterocycles. The molecule has 20 heavy (non-hydrogen) atoms. The van der Waals surface area contributed by atoms with Crippen molar-refractivity contribution in [3.05, 3.63) is 58.0 Å². The van der Waals surface area contributed by atoms with Crippen LogP contribution in [0.25, 0.3) is 0 Å². The molecule has 0 amide bonds. The van der Waals surface area contributed by atoms with E-state index in [-0.39, 0.29) is 0 Å². The summed E-state index contributed by atoms with van der Waals surface area (Å²) in [5.41, 5.74) is 1.58. The molecule has 1 heterocycles. The number of aliphatic hydroxyl groups excluding tert-OH is 1. The lowest BCUT2D eigenvalue weighted by Gasteiger charge is -2.35. The van der Waals surface area contributed by atoms with Crippen molar-refractivity contribution >= 4 is 15.9 Å². The van der Waals surface area contributed by atoms with E-state index in [1.165, 1.54) is 11.8 Å². The van der Waals surface area contributed by atoms with Gasteiger partial charge in [-0.1, -0.05) is 24.3 Å². The third-order valence-electron chi connectivity index (χ3n) is 4.10. The summed E-state index contributed by atoms with van der Waals surface area (Å²) in [6.07, 6.45) is 2.58. The summed E-state index contributed by atoms with van der Waals surface area (Å²) in [5, 5.41) is 20.3. The molecule has 102 valence electrons. The van der Waals surface area contributed by atoms with Gasteiger partial charge in [-0.2, -0.15) is 5.26 Å². The minimum absolute atomic E-state index is 0.436. The number of fused-ring (bicyclic) bond motifs is 1. The molecular weight excluding hydrogens is 318 g/mol. The number of nitrogens with zero attached hydrogens (tertiary/aromatic N) is 1. The predicted octanol–water partition coefficient (Wildman–Crippen LogP) is 3.77. The van der Waals surface area contributed by atoms with Crippen LogP contribution in [0, 0.1) is 16.7 Å². The van der Waals surface area contributed by atoms with Crippen LogP contribution in [0.4, 0.5) is 0 Å². The fraction of sp³-hybridized carbons (Fsp3) is 0.312. The molecule has 0 bridgehead atoms. The molecule has 1 aliphatic carbocycles. The average molecular weight is 332 g/mol. The number of rotatable bonds is 2. The van der Waals surface area contributed by atoms with E-state index in [2.05, 4.69) is 28.1 Å². The maximum Gasteiger partial charge on any atom is 0.148 e. The Morgan fingerprint density at radius 2 is 2.05 bits per heavy atom. The van der Waals surface area contributed by atoms with Gasteiger partial charge in [0.1, 0.15) is 11.9 Å². The van der Waals surface area contributed by atoms with E-state index in [1.54, 1.807) is 6.07 Å². The van der Waals surface area contributed by atoms with Crippen LogP contribution in [0.2, 0.25) is 0 Å². The molecular formula is C16H14BrNO2. The molecule has 4 heteroatoms. The minimum atomic E-state index is -0.926. The van der Waals surface area contributed by atoms with Gasteiger partial charge >= 0.3 is 0 Å². The first-order chi connectivity index (χ1) is 9.66. The summed E-state index contributed by atoms with van der Waals surface area (Å²) in [6, 6.07) is 12.2. The van der Waals surface area contributed by atoms with E-state index in [0.29, 0.717) is 23.1 Å². The van der Waals surface area contributed by atoms with Gasteiger partial charge in [0.15, 0.2) is 0 Å². The van der Waals surface area contributed by atoms with Crippen LogP contribution < -0.4 is 0 Å². The number of furan rings is 1. The van der Waals surface area contributed by atoms with Gasteiger partial charge in [-0.25, -0.2) is 0 Å². The number of aliphatic hydroxyl groups is 1. The normalized spacial score (nSPS) is 22.9. The highest BCUT2D eigenvalue weighted by molar-refractivity contribution is 9.10. The first-order valence-electron chi connectivity index (χ1n) is 6.55. The van der Waals surface area contributed by atoms with Crippen molar-refractivity contribution in [2.45, 2.75) is 25.4 Å². The first-order valence-corrected chi connectivity index (χ1v) is 7.34. The average Bonchev–Trinajstić information content (AvgIpc) is 2.92. The summed E-state index contributed by atoms with van der Waals surface area (Å²) >= 11 is 3.36. The molecule has 3 nitrogen and oxygen atoms in total. The maximum atomic E-state index is 10.6. The summed E-state index contributed by atoms with van der Waals surface area (Å²) in [5.74, 6) is 0.436. The molecule has 0 spiro atoms. The van der Waals surface area contributed by atoms with Crippen molar-refractivity contribution in [1.29, 1.82) is 5.26 Å². The number of aryl methyl sites for hydroxylation is 1. The maximum absolute atomic E-state index is 10.6.